The smallest absolute Gasteiger partial charge is 0.290 e. The van der Waals surface area contributed by atoms with E-state index in [0.717, 1.165) is 12.8 Å². The standard InChI is InChI=1S/C15H20N4O3S/c1-10-6-5-9-18(11(10)2)15(20)13-17-14(23(16,21)22)12-7-3-4-8-19(12)13/h3-4,7-8,10-11H,5-6,9H2,1-2H3,(H2,16,21,22). The molecule has 0 aliphatic carbocycles. The van der Waals surface area contributed by atoms with E-state index in [2.05, 4.69) is 11.9 Å². The van der Waals surface area contributed by atoms with Gasteiger partial charge >= 0.3 is 0 Å². The fraction of sp³-hybridized carbons (Fsp3) is 0.467. The van der Waals surface area contributed by atoms with E-state index in [9.17, 15) is 13.2 Å². The molecule has 0 aromatic carbocycles. The molecule has 124 valence electrons. The number of aromatic nitrogens is 2. The van der Waals surface area contributed by atoms with Gasteiger partial charge in [0.2, 0.25) is 5.82 Å². The Morgan fingerprint density at radius 2 is 2.09 bits per heavy atom. The Kier molecular flexibility index (Phi) is 3.89. The minimum absolute atomic E-state index is 0.0882. The van der Waals surface area contributed by atoms with Crippen LogP contribution in [0.1, 0.15) is 37.3 Å². The maximum Gasteiger partial charge on any atom is 0.290 e. The van der Waals surface area contributed by atoms with Crippen molar-refractivity contribution >= 4 is 21.4 Å². The molecule has 0 bridgehead atoms. The molecule has 1 aliphatic heterocycles. The van der Waals surface area contributed by atoms with Crippen LogP contribution in [-0.4, -0.2) is 41.2 Å². The molecule has 0 spiro atoms. The number of hydrogen-bond acceptors (Lipinski definition) is 4. The van der Waals surface area contributed by atoms with Gasteiger partial charge in [-0.15, -0.1) is 0 Å². The Balaban J connectivity index is 2.11. The molecule has 3 heterocycles. The first-order valence-corrected chi connectivity index (χ1v) is 9.16. The molecular weight excluding hydrogens is 316 g/mol. The third-order valence-electron chi connectivity index (χ3n) is 4.61. The number of hydrogen-bond donors (Lipinski definition) is 1. The van der Waals surface area contributed by atoms with Gasteiger partial charge in [-0.2, -0.15) is 0 Å². The molecule has 2 atom stereocenters. The summed E-state index contributed by atoms with van der Waals surface area (Å²) in [7, 11) is -4.00. The quantitative estimate of drug-likeness (QED) is 0.892. The van der Waals surface area contributed by atoms with Gasteiger partial charge in [-0.25, -0.2) is 18.5 Å². The fourth-order valence-corrected chi connectivity index (χ4v) is 3.79. The summed E-state index contributed by atoms with van der Waals surface area (Å²) in [5.74, 6) is 0.224. The highest BCUT2D eigenvalue weighted by Crippen LogP contribution is 2.25. The molecule has 2 unspecified atom stereocenters. The summed E-state index contributed by atoms with van der Waals surface area (Å²) < 4.78 is 25.0. The van der Waals surface area contributed by atoms with Gasteiger partial charge in [-0.1, -0.05) is 13.0 Å². The van der Waals surface area contributed by atoms with E-state index in [1.165, 1.54) is 4.40 Å². The van der Waals surface area contributed by atoms with E-state index in [4.69, 9.17) is 5.14 Å². The van der Waals surface area contributed by atoms with Crippen molar-refractivity contribution in [2.24, 2.45) is 11.1 Å². The summed E-state index contributed by atoms with van der Waals surface area (Å²) in [6.45, 7) is 4.78. The van der Waals surface area contributed by atoms with Crippen LogP contribution in [0.25, 0.3) is 5.52 Å². The molecule has 1 saturated heterocycles. The van der Waals surface area contributed by atoms with Crippen molar-refractivity contribution in [3.05, 3.63) is 30.2 Å². The van der Waals surface area contributed by atoms with E-state index in [1.807, 2.05) is 6.92 Å². The first-order valence-electron chi connectivity index (χ1n) is 7.61. The molecule has 2 aromatic rings. The molecule has 2 aromatic heterocycles. The first-order chi connectivity index (χ1) is 10.8. The molecule has 1 aliphatic rings. The van der Waals surface area contributed by atoms with E-state index < -0.39 is 10.0 Å². The Labute approximate surface area is 135 Å². The van der Waals surface area contributed by atoms with Crippen molar-refractivity contribution in [3.8, 4) is 0 Å². The number of pyridine rings is 1. The fourth-order valence-electron chi connectivity index (χ4n) is 3.12. The second-order valence-electron chi connectivity index (χ2n) is 6.10. The molecule has 2 N–H and O–H groups in total. The molecule has 1 fully saturated rings. The Hall–Kier alpha value is -1.93. The summed E-state index contributed by atoms with van der Waals surface area (Å²) in [6.07, 6.45) is 3.64. The minimum atomic E-state index is -4.00. The molecule has 3 rings (SSSR count). The molecule has 7 nitrogen and oxygen atoms in total. The van der Waals surface area contributed by atoms with Crippen molar-refractivity contribution in [1.29, 1.82) is 0 Å². The van der Waals surface area contributed by atoms with Gasteiger partial charge in [-0.05, 0) is 37.8 Å². The monoisotopic (exact) mass is 336 g/mol. The van der Waals surface area contributed by atoms with E-state index >= 15 is 0 Å². The van der Waals surface area contributed by atoms with Crippen molar-refractivity contribution in [2.75, 3.05) is 6.54 Å². The largest absolute Gasteiger partial charge is 0.333 e. The van der Waals surface area contributed by atoms with Crippen LogP contribution in [0.5, 0.6) is 0 Å². The number of rotatable bonds is 2. The third-order valence-corrected chi connectivity index (χ3v) is 5.45. The summed E-state index contributed by atoms with van der Waals surface area (Å²) >= 11 is 0. The van der Waals surface area contributed by atoms with Crippen LogP contribution in [0.15, 0.2) is 29.4 Å². The number of nitrogens with zero attached hydrogens (tertiary/aromatic N) is 3. The van der Waals surface area contributed by atoms with Gasteiger partial charge in [0.25, 0.3) is 15.9 Å². The molecule has 0 radical (unpaired) electrons. The number of carbonyl (C=O) groups is 1. The normalized spacial score (nSPS) is 22.5. The lowest BCUT2D eigenvalue weighted by atomic mass is 9.92. The van der Waals surface area contributed by atoms with Crippen LogP contribution in [-0.2, 0) is 10.0 Å². The van der Waals surface area contributed by atoms with Gasteiger partial charge in [0.05, 0.1) is 5.52 Å². The molecule has 0 saturated carbocycles. The zero-order chi connectivity index (χ0) is 16.8. The van der Waals surface area contributed by atoms with Crippen LogP contribution >= 0.6 is 0 Å². The Morgan fingerprint density at radius 1 is 1.35 bits per heavy atom. The maximum atomic E-state index is 12.9. The Morgan fingerprint density at radius 3 is 2.78 bits per heavy atom. The number of nitrogens with two attached hydrogens (primary N) is 1. The minimum Gasteiger partial charge on any atom is -0.333 e. The second-order valence-corrected chi connectivity index (χ2v) is 7.58. The van der Waals surface area contributed by atoms with E-state index in [0.29, 0.717) is 18.0 Å². The summed E-state index contributed by atoms with van der Waals surface area (Å²) in [6, 6.07) is 5.09. The summed E-state index contributed by atoms with van der Waals surface area (Å²) in [4.78, 5) is 18.7. The van der Waals surface area contributed by atoms with Crippen LogP contribution < -0.4 is 5.14 Å². The molecule has 23 heavy (non-hydrogen) atoms. The van der Waals surface area contributed by atoms with Crippen molar-refractivity contribution in [3.63, 3.8) is 0 Å². The summed E-state index contributed by atoms with van der Waals surface area (Å²) in [5, 5.41) is 4.97. The number of likely N-dealkylation sites (tertiary alicyclic amines) is 1. The topological polar surface area (TPSA) is 97.8 Å². The molecular formula is C15H20N4O3S. The summed E-state index contributed by atoms with van der Waals surface area (Å²) in [5.41, 5.74) is 0.316. The van der Waals surface area contributed by atoms with Gasteiger partial charge < -0.3 is 4.90 Å². The third kappa shape index (κ3) is 2.72. The van der Waals surface area contributed by atoms with Crippen molar-refractivity contribution < 1.29 is 13.2 Å². The lowest BCUT2D eigenvalue weighted by Crippen LogP contribution is -2.46. The zero-order valence-corrected chi connectivity index (χ0v) is 14.0. The number of primary sulfonamides is 1. The molecule has 8 heteroatoms. The van der Waals surface area contributed by atoms with Crippen LogP contribution in [0.2, 0.25) is 0 Å². The average molecular weight is 336 g/mol. The Bertz CT molecular complexity index is 859. The van der Waals surface area contributed by atoms with Crippen LogP contribution in [0.3, 0.4) is 0 Å². The first kappa shape index (κ1) is 15.9. The van der Waals surface area contributed by atoms with Gasteiger partial charge in [0.15, 0.2) is 5.03 Å². The second kappa shape index (κ2) is 5.61. The van der Waals surface area contributed by atoms with Gasteiger partial charge in [0, 0.05) is 18.8 Å². The lowest BCUT2D eigenvalue weighted by molar-refractivity contribution is 0.0537. The lowest BCUT2D eigenvalue weighted by Gasteiger charge is -2.37. The number of piperidine rings is 1. The highest BCUT2D eigenvalue weighted by Gasteiger charge is 2.32. The maximum absolute atomic E-state index is 12.9. The van der Waals surface area contributed by atoms with Crippen molar-refractivity contribution in [1.82, 2.24) is 14.3 Å². The zero-order valence-electron chi connectivity index (χ0n) is 13.1. The predicted octanol–water partition coefficient (Wildman–Crippen LogP) is 1.24. The van der Waals surface area contributed by atoms with Crippen LogP contribution in [0, 0.1) is 5.92 Å². The van der Waals surface area contributed by atoms with Gasteiger partial charge in [0.1, 0.15) is 0 Å². The average Bonchev–Trinajstić information content (AvgIpc) is 2.89. The number of amides is 1. The van der Waals surface area contributed by atoms with Crippen LogP contribution in [0.4, 0.5) is 0 Å². The molecule has 1 amide bonds. The number of carbonyl (C=O) groups excluding carboxylic acids is 1. The van der Waals surface area contributed by atoms with Gasteiger partial charge in [-0.3, -0.25) is 9.20 Å². The number of fused-ring (bicyclic) bond motifs is 1. The van der Waals surface area contributed by atoms with E-state index in [1.54, 1.807) is 29.3 Å². The highest BCUT2D eigenvalue weighted by atomic mass is 32.2. The number of sulfonamides is 1. The van der Waals surface area contributed by atoms with Crippen molar-refractivity contribution in [2.45, 2.75) is 37.8 Å². The predicted molar refractivity (Wildman–Crippen MR) is 85.5 cm³/mol. The SMILES string of the molecule is CC1CCCN(C(=O)c2nc(S(N)(=O)=O)c3ccccn23)C1C. The highest BCUT2D eigenvalue weighted by molar-refractivity contribution is 7.89. The number of imidazole rings is 1. The van der Waals surface area contributed by atoms with E-state index in [-0.39, 0.29) is 22.8 Å².